The van der Waals surface area contributed by atoms with E-state index >= 15 is 0 Å². The van der Waals surface area contributed by atoms with Gasteiger partial charge in [-0.15, -0.1) is 0 Å². The first-order valence-electron chi connectivity index (χ1n) is 9.69. The largest absolute Gasteiger partial charge is 0.452 e. The second-order valence-corrected chi connectivity index (χ2v) is 7.32. The summed E-state index contributed by atoms with van der Waals surface area (Å²) >= 11 is 0. The maximum absolute atomic E-state index is 12.6. The fourth-order valence-electron chi connectivity index (χ4n) is 3.61. The highest BCUT2D eigenvalue weighted by atomic mass is 16.5. The molecule has 154 valence electrons. The van der Waals surface area contributed by atoms with Crippen LogP contribution in [0.1, 0.15) is 40.2 Å². The van der Waals surface area contributed by atoms with E-state index in [1.165, 1.54) is 0 Å². The lowest BCUT2D eigenvalue weighted by molar-refractivity contribution is -0.137. The summed E-state index contributed by atoms with van der Waals surface area (Å²) in [5.41, 5.74) is 8.04. The van der Waals surface area contributed by atoms with Crippen LogP contribution in [0.4, 0.5) is 0 Å². The molecule has 0 saturated carbocycles. The molecule has 1 aliphatic heterocycles. The summed E-state index contributed by atoms with van der Waals surface area (Å²) in [5, 5.41) is 4.45. The number of ether oxygens (including phenoxy) is 1. The lowest BCUT2D eigenvalue weighted by Gasteiger charge is -2.30. The molecule has 2 amide bonds. The predicted octanol–water partition coefficient (Wildman–Crippen LogP) is 1.43. The zero-order valence-electron chi connectivity index (χ0n) is 16.8. The van der Waals surface area contributed by atoms with Crippen molar-refractivity contribution in [2.24, 2.45) is 11.7 Å². The topological polar surface area (TPSA) is 108 Å². The highest BCUT2D eigenvalue weighted by molar-refractivity contribution is 5.93. The number of aryl methyl sites for hydroxylation is 1. The van der Waals surface area contributed by atoms with Gasteiger partial charge >= 0.3 is 5.97 Å². The third-order valence-electron chi connectivity index (χ3n) is 5.34. The van der Waals surface area contributed by atoms with Gasteiger partial charge in [0.25, 0.3) is 5.91 Å². The van der Waals surface area contributed by atoms with Crippen LogP contribution in [0.15, 0.2) is 30.3 Å². The van der Waals surface area contributed by atoms with E-state index in [4.69, 9.17) is 10.5 Å². The van der Waals surface area contributed by atoms with Crippen LogP contribution in [-0.2, 0) is 20.9 Å². The summed E-state index contributed by atoms with van der Waals surface area (Å²) in [6.45, 7) is 4.67. The van der Waals surface area contributed by atoms with E-state index in [1.54, 1.807) is 16.5 Å². The molecule has 8 nitrogen and oxygen atoms in total. The molecule has 0 unspecified atom stereocenters. The Morgan fingerprint density at radius 1 is 1.14 bits per heavy atom. The number of likely N-dealkylation sites (tertiary alicyclic amines) is 1. The Labute approximate surface area is 169 Å². The van der Waals surface area contributed by atoms with Crippen molar-refractivity contribution in [2.45, 2.75) is 33.2 Å². The molecule has 0 spiro atoms. The van der Waals surface area contributed by atoms with E-state index < -0.39 is 5.97 Å². The average molecular weight is 398 g/mol. The molecule has 29 heavy (non-hydrogen) atoms. The molecule has 2 aromatic rings. The van der Waals surface area contributed by atoms with Gasteiger partial charge in [-0.25, -0.2) is 4.79 Å². The van der Waals surface area contributed by atoms with Crippen molar-refractivity contribution in [3.63, 3.8) is 0 Å². The molecule has 1 fully saturated rings. The quantitative estimate of drug-likeness (QED) is 0.741. The molecule has 2 heterocycles. The first kappa shape index (κ1) is 20.6. The number of primary amides is 1. The molecule has 0 bridgehead atoms. The van der Waals surface area contributed by atoms with Gasteiger partial charge in [-0.2, -0.15) is 5.10 Å². The molecule has 0 atom stereocenters. The number of hydrogen-bond acceptors (Lipinski definition) is 5. The van der Waals surface area contributed by atoms with Gasteiger partial charge in [0.05, 0.1) is 17.9 Å². The van der Waals surface area contributed by atoms with E-state index in [9.17, 15) is 14.4 Å². The number of esters is 1. The number of carbonyl (C=O) groups is 3. The molecule has 1 saturated heterocycles. The van der Waals surface area contributed by atoms with Gasteiger partial charge in [0, 0.05) is 19.0 Å². The van der Waals surface area contributed by atoms with Gasteiger partial charge in [-0.1, -0.05) is 30.3 Å². The number of hydrogen-bond donors (Lipinski definition) is 1. The van der Waals surface area contributed by atoms with Crippen molar-refractivity contribution in [3.8, 4) is 0 Å². The minimum Gasteiger partial charge on any atom is -0.452 e. The molecule has 0 aliphatic carbocycles. The van der Waals surface area contributed by atoms with Crippen LogP contribution in [-0.4, -0.2) is 52.2 Å². The van der Waals surface area contributed by atoms with Crippen LogP contribution in [0.2, 0.25) is 0 Å². The summed E-state index contributed by atoms with van der Waals surface area (Å²) in [4.78, 5) is 37.7. The number of benzene rings is 1. The van der Waals surface area contributed by atoms with Gasteiger partial charge in [0.2, 0.25) is 5.91 Å². The summed E-state index contributed by atoms with van der Waals surface area (Å²) in [6, 6.07) is 9.84. The smallest absolute Gasteiger partial charge is 0.342 e. The molecule has 1 aromatic heterocycles. The fourth-order valence-corrected chi connectivity index (χ4v) is 3.61. The third kappa shape index (κ3) is 4.82. The van der Waals surface area contributed by atoms with Gasteiger partial charge in [-0.05, 0) is 32.3 Å². The molecular weight excluding hydrogens is 372 g/mol. The minimum atomic E-state index is -0.556. The predicted molar refractivity (Wildman–Crippen MR) is 106 cm³/mol. The van der Waals surface area contributed by atoms with Crippen LogP contribution in [0, 0.1) is 19.8 Å². The Hall–Kier alpha value is -3.16. The van der Waals surface area contributed by atoms with E-state index in [0.29, 0.717) is 49.4 Å². The van der Waals surface area contributed by atoms with Crippen LogP contribution in [0.25, 0.3) is 0 Å². The Morgan fingerprint density at radius 3 is 2.41 bits per heavy atom. The first-order chi connectivity index (χ1) is 13.9. The highest BCUT2D eigenvalue weighted by Gasteiger charge is 2.27. The van der Waals surface area contributed by atoms with Gasteiger partial charge in [0.15, 0.2) is 6.61 Å². The summed E-state index contributed by atoms with van der Waals surface area (Å²) in [5.74, 6) is -1.35. The molecule has 8 heteroatoms. The van der Waals surface area contributed by atoms with E-state index in [2.05, 4.69) is 5.10 Å². The Morgan fingerprint density at radius 2 is 1.79 bits per heavy atom. The van der Waals surface area contributed by atoms with Crippen LogP contribution in [0.3, 0.4) is 0 Å². The zero-order valence-corrected chi connectivity index (χ0v) is 16.8. The van der Waals surface area contributed by atoms with Crippen LogP contribution in [0.5, 0.6) is 0 Å². The second kappa shape index (κ2) is 8.89. The van der Waals surface area contributed by atoms with Crippen molar-refractivity contribution in [1.82, 2.24) is 14.7 Å². The van der Waals surface area contributed by atoms with Crippen LogP contribution >= 0.6 is 0 Å². The minimum absolute atomic E-state index is 0.192. The van der Waals surface area contributed by atoms with Crippen molar-refractivity contribution >= 4 is 17.8 Å². The van der Waals surface area contributed by atoms with Gasteiger partial charge in [-0.3, -0.25) is 14.3 Å². The van der Waals surface area contributed by atoms with Gasteiger partial charge < -0.3 is 15.4 Å². The monoisotopic (exact) mass is 398 g/mol. The van der Waals surface area contributed by atoms with E-state index in [0.717, 1.165) is 5.56 Å². The number of amides is 2. The maximum Gasteiger partial charge on any atom is 0.342 e. The molecular formula is C21H26N4O4. The van der Waals surface area contributed by atoms with Crippen molar-refractivity contribution in [3.05, 3.63) is 52.8 Å². The standard InChI is InChI=1S/C21H26N4O4/c1-14-19(15(2)25(23-14)12-16-6-4-3-5-7-16)21(28)29-13-18(26)24-10-8-17(9-11-24)20(22)27/h3-7,17H,8-13H2,1-2H3,(H2,22,27). The number of nitrogens with zero attached hydrogens (tertiary/aromatic N) is 3. The molecule has 2 N–H and O–H groups in total. The lowest BCUT2D eigenvalue weighted by Crippen LogP contribution is -2.43. The highest BCUT2D eigenvalue weighted by Crippen LogP contribution is 2.18. The fraction of sp³-hybridized carbons (Fsp3) is 0.429. The Bertz CT molecular complexity index is 899. The SMILES string of the molecule is Cc1nn(Cc2ccccc2)c(C)c1C(=O)OCC(=O)N1CCC(C(N)=O)CC1. The first-order valence-corrected chi connectivity index (χ1v) is 9.69. The van der Waals surface area contributed by atoms with E-state index in [-0.39, 0.29) is 24.3 Å². The van der Waals surface area contributed by atoms with E-state index in [1.807, 2.05) is 37.3 Å². The van der Waals surface area contributed by atoms with Crippen molar-refractivity contribution in [1.29, 1.82) is 0 Å². The normalized spacial score (nSPS) is 14.6. The Balaban J connectivity index is 1.58. The second-order valence-electron chi connectivity index (χ2n) is 7.32. The molecule has 0 radical (unpaired) electrons. The van der Waals surface area contributed by atoms with Gasteiger partial charge in [0.1, 0.15) is 5.56 Å². The number of piperidine rings is 1. The lowest BCUT2D eigenvalue weighted by atomic mass is 9.96. The average Bonchev–Trinajstić information content (AvgIpc) is 2.99. The number of rotatable bonds is 6. The molecule has 1 aliphatic rings. The maximum atomic E-state index is 12.6. The third-order valence-corrected chi connectivity index (χ3v) is 5.34. The summed E-state index contributed by atoms with van der Waals surface area (Å²) in [6.07, 6.45) is 1.08. The number of carbonyl (C=O) groups excluding carboxylic acids is 3. The zero-order chi connectivity index (χ0) is 21.0. The van der Waals surface area contributed by atoms with Crippen molar-refractivity contribution < 1.29 is 19.1 Å². The summed E-state index contributed by atoms with van der Waals surface area (Å²) < 4.78 is 7.03. The number of aromatic nitrogens is 2. The Kier molecular flexibility index (Phi) is 6.31. The van der Waals surface area contributed by atoms with Crippen molar-refractivity contribution in [2.75, 3.05) is 19.7 Å². The molecule has 1 aromatic carbocycles. The number of nitrogens with two attached hydrogens (primary N) is 1. The summed E-state index contributed by atoms with van der Waals surface area (Å²) in [7, 11) is 0. The van der Waals surface area contributed by atoms with Crippen LogP contribution < -0.4 is 5.73 Å². The molecule has 3 rings (SSSR count).